The van der Waals surface area contributed by atoms with Gasteiger partial charge in [-0.15, -0.1) is 0 Å². The van der Waals surface area contributed by atoms with Gasteiger partial charge in [-0.3, -0.25) is 4.79 Å². The number of carbonyl (C=O) groups excluding carboxylic acids is 1. The summed E-state index contributed by atoms with van der Waals surface area (Å²) in [6.45, 7) is 2.80. The summed E-state index contributed by atoms with van der Waals surface area (Å²) < 4.78 is 4.92. The maximum absolute atomic E-state index is 11.5. The van der Waals surface area contributed by atoms with Crippen LogP contribution in [0.5, 0.6) is 0 Å². The fourth-order valence-electron chi connectivity index (χ4n) is 2.67. The Kier molecular flexibility index (Phi) is 8.79. The molecule has 2 unspecified atom stereocenters. The fraction of sp³-hybridized carbons (Fsp3) is 0.929. The molecule has 3 N–H and O–H groups in total. The van der Waals surface area contributed by atoms with Crippen molar-refractivity contribution in [1.82, 2.24) is 10.6 Å². The van der Waals surface area contributed by atoms with Crippen LogP contribution in [0.25, 0.3) is 0 Å². The smallest absolute Gasteiger partial charge is 0.233 e. The molecule has 0 radical (unpaired) electrons. The first-order valence-electron chi connectivity index (χ1n) is 7.35. The van der Waals surface area contributed by atoms with Gasteiger partial charge < -0.3 is 20.5 Å². The summed E-state index contributed by atoms with van der Waals surface area (Å²) in [7, 11) is 1.66. The first-order valence-corrected chi connectivity index (χ1v) is 7.35. The van der Waals surface area contributed by atoms with Crippen LogP contribution in [0.4, 0.5) is 0 Å². The molecule has 1 rings (SSSR count). The van der Waals surface area contributed by atoms with Crippen molar-refractivity contribution < 1.29 is 14.6 Å². The Bertz CT molecular complexity index is 249. The third kappa shape index (κ3) is 6.89. The van der Waals surface area contributed by atoms with Crippen molar-refractivity contribution in [2.75, 3.05) is 40.0 Å². The molecule has 1 aliphatic rings. The van der Waals surface area contributed by atoms with E-state index < -0.39 is 0 Å². The zero-order valence-corrected chi connectivity index (χ0v) is 12.0. The molecule has 0 heterocycles. The number of methoxy groups -OCH3 is 1. The Balaban J connectivity index is 2.06. The number of rotatable bonds is 9. The van der Waals surface area contributed by atoms with Gasteiger partial charge in [0.05, 0.1) is 6.54 Å². The van der Waals surface area contributed by atoms with Crippen molar-refractivity contribution in [3.63, 3.8) is 0 Å². The van der Waals surface area contributed by atoms with E-state index in [1.807, 2.05) is 0 Å². The summed E-state index contributed by atoms with van der Waals surface area (Å²) in [5.41, 5.74) is 0. The minimum atomic E-state index is 0.0347. The summed E-state index contributed by atoms with van der Waals surface area (Å²) in [5, 5.41) is 15.4. The maximum atomic E-state index is 11.5. The summed E-state index contributed by atoms with van der Waals surface area (Å²) in [5.74, 6) is 0.957. The predicted molar refractivity (Wildman–Crippen MR) is 74.9 cm³/mol. The van der Waals surface area contributed by atoms with Crippen LogP contribution in [-0.4, -0.2) is 51.0 Å². The van der Waals surface area contributed by atoms with Crippen molar-refractivity contribution in [1.29, 1.82) is 0 Å². The van der Waals surface area contributed by atoms with Crippen molar-refractivity contribution >= 4 is 5.91 Å². The highest BCUT2D eigenvalue weighted by Gasteiger charge is 2.23. The van der Waals surface area contributed by atoms with E-state index in [2.05, 4.69) is 10.6 Å². The number of nitrogens with one attached hydrogen (secondary N) is 2. The van der Waals surface area contributed by atoms with Crippen LogP contribution in [0.2, 0.25) is 0 Å². The van der Waals surface area contributed by atoms with Crippen molar-refractivity contribution in [3.05, 3.63) is 0 Å². The van der Waals surface area contributed by atoms with Crippen LogP contribution in [0.1, 0.15) is 32.1 Å². The molecule has 5 heteroatoms. The van der Waals surface area contributed by atoms with Gasteiger partial charge in [-0.05, 0) is 37.6 Å². The molecule has 0 saturated heterocycles. The summed E-state index contributed by atoms with van der Waals surface area (Å²) >= 11 is 0. The molecule has 0 spiro atoms. The molecule has 2 atom stereocenters. The molecule has 1 aliphatic carbocycles. The summed E-state index contributed by atoms with van der Waals surface area (Å²) in [6, 6.07) is 0. The van der Waals surface area contributed by atoms with Gasteiger partial charge in [0.1, 0.15) is 0 Å². The summed E-state index contributed by atoms with van der Waals surface area (Å²) in [4.78, 5) is 11.5. The Morgan fingerprint density at radius 3 is 2.74 bits per heavy atom. The molecule has 0 aromatic carbocycles. The molecule has 19 heavy (non-hydrogen) atoms. The molecular weight excluding hydrogens is 244 g/mol. The highest BCUT2D eigenvalue weighted by atomic mass is 16.5. The van der Waals surface area contributed by atoms with Crippen molar-refractivity contribution in [3.8, 4) is 0 Å². The Morgan fingerprint density at radius 2 is 2.05 bits per heavy atom. The minimum Gasteiger partial charge on any atom is -0.396 e. The zero-order chi connectivity index (χ0) is 13.9. The van der Waals surface area contributed by atoms with Gasteiger partial charge in [-0.2, -0.15) is 0 Å². The van der Waals surface area contributed by atoms with E-state index in [9.17, 15) is 9.90 Å². The number of amides is 1. The first kappa shape index (κ1) is 16.4. The minimum absolute atomic E-state index is 0.0347. The average molecular weight is 272 g/mol. The first-order chi connectivity index (χ1) is 9.27. The molecule has 0 aromatic rings. The largest absolute Gasteiger partial charge is 0.396 e. The van der Waals surface area contributed by atoms with Gasteiger partial charge in [0.15, 0.2) is 0 Å². The maximum Gasteiger partial charge on any atom is 0.233 e. The quantitative estimate of drug-likeness (QED) is 0.535. The second kappa shape index (κ2) is 10.2. The normalized spacial score (nSPS) is 23.3. The van der Waals surface area contributed by atoms with Crippen LogP contribution in [0.3, 0.4) is 0 Å². The van der Waals surface area contributed by atoms with E-state index in [4.69, 9.17) is 4.74 Å². The van der Waals surface area contributed by atoms with E-state index in [-0.39, 0.29) is 12.5 Å². The number of hydrogen-bond donors (Lipinski definition) is 3. The van der Waals surface area contributed by atoms with Gasteiger partial charge in [0.25, 0.3) is 0 Å². The van der Waals surface area contributed by atoms with E-state index in [1.54, 1.807) is 7.11 Å². The van der Waals surface area contributed by atoms with Gasteiger partial charge in [0, 0.05) is 26.9 Å². The second-order valence-electron chi connectivity index (χ2n) is 5.31. The Morgan fingerprint density at radius 1 is 1.32 bits per heavy atom. The Labute approximate surface area is 116 Å². The SMILES string of the molecule is COCCCNC(=O)CNCC1CCCCC1CO. The molecule has 1 saturated carbocycles. The second-order valence-corrected chi connectivity index (χ2v) is 5.31. The van der Waals surface area contributed by atoms with Crippen LogP contribution in [-0.2, 0) is 9.53 Å². The van der Waals surface area contributed by atoms with Gasteiger partial charge in [-0.25, -0.2) is 0 Å². The molecule has 0 aromatic heterocycles. The lowest BCUT2D eigenvalue weighted by molar-refractivity contribution is -0.120. The van der Waals surface area contributed by atoms with Gasteiger partial charge >= 0.3 is 0 Å². The number of hydrogen-bond acceptors (Lipinski definition) is 4. The average Bonchev–Trinajstić information content (AvgIpc) is 2.44. The standard InChI is InChI=1S/C14H28N2O3/c1-19-8-4-7-16-14(18)10-15-9-12-5-2-3-6-13(12)11-17/h12-13,15,17H,2-11H2,1H3,(H,16,18). The number of aliphatic hydroxyl groups is 1. The van der Waals surface area contributed by atoms with Crippen LogP contribution < -0.4 is 10.6 Å². The van der Waals surface area contributed by atoms with E-state index in [0.29, 0.717) is 31.5 Å². The monoisotopic (exact) mass is 272 g/mol. The molecule has 0 aliphatic heterocycles. The molecule has 112 valence electrons. The number of ether oxygens (including phenoxy) is 1. The molecule has 1 amide bonds. The van der Waals surface area contributed by atoms with Crippen LogP contribution in [0, 0.1) is 11.8 Å². The van der Waals surface area contributed by atoms with Gasteiger partial charge in [0.2, 0.25) is 5.91 Å². The lowest BCUT2D eigenvalue weighted by Gasteiger charge is -2.30. The number of carbonyl (C=O) groups is 1. The van der Waals surface area contributed by atoms with E-state index in [0.717, 1.165) is 25.8 Å². The molecule has 0 bridgehead atoms. The third-order valence-electron chi connectivity index (χ3n) is 3.84. The predicted octanol–water partition coefficient (Wildman–Crippen LogP) is 0.527. The van der Waals surface area contributed by atoms with Crippen LogP contribution >= 0.6 is 0 Å². The van der Waals surface area contributed by atoms with Crippen LogP contribution in [0.15, 0.2) is 0 Å². The fourth-order valence-corrected chi connectivity index (χ4v) is 2.67. The van der Waals surface area contributed by atoms with Crippen molar-refractivity contribution in [2.24, 2.45) is 11.8 Å². The Hall–Kier alpha value is -0.650. The molecule has 1 fully saturated rings. The van der Waals surface area contributed by atoms with Crippen molar-refractivity contribution in [2.45, 2.75) is 32.1 Å². The topological polar surface area (TPSA) is 70.6 Å². The third-order valence-corrected chi connectivity index (χ3v) is 3.84. The van der Waals surface area contributed by atoms with E-state index >= 15 is 0 Å². The summed E-state index contributed by atoms with van der Waals surface area (Å²) in [6.07, 6.45) is 5.59. The zero-order valence-electron chi connectivity index (χ0n) is 12.0. The van der Waals surface area contributed by atoms with E-state index in [1.165, 1.54) is 12.8 Å². The molecular formula is C14H28N2O3. The lowest BCUT2D eigenvalue weighted by atomic mass is 9.79. The highest BCUT2D eigenvalue weighted by Crippen LogP contribution is 2.28. The number of aliphatic hydroxyl groups excluding tert-OH is 1. The highest BCUT2D eigenvalue weighted by molar-refractivity contribution is 5.77. The van der Waals surface area contributed by atoms with Gasteiger partial charge in [-0.1, -0.05) is 12.8 Å². The molecule has 5 nitrogen and oxygen atoms in total. The lowest BCUT2D eigenvalue weighted by Crippen LogP contribution is -2.39.